The molecule has 0 unspecified atom stereocenters. The number of hydrogen-bond acceptors (Lipinski definition) is 4. The number of carbonyl (C=O) groups is 1. The lowest BCUT2D eigenvalue weighted by Crippen LogP contribution is -2.30. The van der Waals surface area contributed by atoms with Crippen LogP contribution in [0.25, 0.3) is 17.1 Å². The molecule has 0 aliphatic carbocycles. The Labute approximate surface area is 223 Å². The second-order valence-electron chi connectivity index (χ2n) is 9.09. The van der Waals surface area contributed by atoms with Gasteiger partial charge in [0.05, 0.1) is 22.5 Å². The minimum absolute atomic E-state index is 0.0340. The third-order valence-corrected chi connectivity index (χ3v) is 7.90. The topological polar surface area (TPSA) is 81.1 Å². The lowest BCUT2D eigenvalue weighted by Gasteiger charge is -2.11. The van der Waals surface area contributed by atoms with Crippen LogP contribution in [-0.2, 0) is 16.6 Å². The predicted molar refractivity (Wildman–Crippen MR) is 149 cm³/mol. The molecule has 37 heavy (non-hydrogen) atoms. The number of benzene rings is 3. The van der Waals surface area contributed by atoms with Crippen molar-refractivity contribution in [2.45, 2.75) is 51.5 Å². The number of rotatable bonds is 9. The van der Waals surface area contributed by atoms with Crippen molar-refractivity contribution in [3.8, 4) is 0 Å². The van der Waals surface area contributed by atoms with E-state index < -0.39 is 15.9 Å². The summed E-state index contributed by atoms with van der Waals surface area (Å²) in [5, 5.41) is 0.650. The minimum Gasteiger partial charge on any atom is -0.324 e. The van der Waals surface area contributed by atoms with Gasteiger partial charge in [0.1, 0.15) is 5.82 Å². The highest BCUT2D eigenvalue weighted by molar-refractivity contribution is 7.90. The van der Waals surface area contributed by atoms with Gasteiger partial charge in [0.15, 0.2) is 0 Å². The summed E-state index contributed by atoms with van der Waals surface area (Å²) < 4.78 is 29.5. The molecule has 0 spiro atoms. The quantitative estimate of drug-likeness (QED) is 0.242. The van der Waals surface area contributed by atoms with E-state index in [-0.39, 0.29) is 10.5 Å². The third kappa shape index (κ3) is 6.29. The molecule has 3 aromatic carbocycles. The maximum Gasteiger partial charge on any atom is 0.265 e. The average Bonchev–Trinajstić information content (AvgIpc) is 3.17. The molecule has 1 amide bonds. The highest BCUT2D eigenvalue weighted by atomic mass is 35.5. The number of aryl methyl sites for hydroxylation is 2. The fourth-order valence-corrected chi connectivity index (χ4v) is 5.27. The van der Waals surface area contributed by atoms with E-state index in [0.29, 0.717) is 17.1 Å². The molecule has 0 aliphatic heterocycles. The molecule has 0 radical (unpaired) electrons. The fraction of sp³-hybridized carbons (Fsp3) is 0.241. The average molecular weight is 536 g/mol. The van der Waals surface area contributed by atoms with Crippen LogP contribution >= 0.6 is 11.6 Å². The predicted octanol–water partition coefficient (Wildman–Crippen LogP) is 6.68. The molecule has 6 nitrogen and oxygen atoms in total. The summed E-state index contributed by atoms with van der Waals surface area (Å²) in [5.74, 6) is 0.0598. The number of nitrogens with one attached hydrogen (secondary N) is 1. The van der Waals surface area contributed by atoms with Crippen molar-refractivity contribution in [2.75, 3.05) is 0 Å². The number of aromatic nitrogens is 2. The van der Waals surface area contributed by atoms with Crippen LogP contribution in [0.3, 0.4) is 0 Å². The molecule has 4 aromatic rings. The van der Waals surface area contributed by atoms with Crippen LogP contribution in [0.5, 0.6) is 0 Å². The molecule has 0 saturated carbocycles. The molecule has 4 rings (SSSR count). The van der Waals surface area contributed by atoms with Gasteiger partial charge in [0, 0.05) is 10.6 Å². The van der Waals surface area contributed by atoms with E-state index >= 15 is 0 Å². The normalized spacial score (nSPS) is 11.9. The van der Waals surface area contributed by atoms with Gasteiger partial charge in [-0.3, -0.25) is 4.79 Å². The van der Waals surface area contributed by atoms with Gasteiger partial charge in [-0.2, -0.15) is 0 Å². The van der Waals surface area contributed by atoms with Gasteiger partial charge in [-0.25, -0.2) is 18.1 Å². The molecule has 8 heteroatoms. The van der Waals surface area contributed by atoms with Crippen LogP contribution in [0.1, 0.15) is 59.1 Å². The lowest BCUT2D eigenvalue weighted by atomic mass is 10.1. The second kappa shape index (κ2) is 11.3. The molecular weight excluding hydrogens is 506 g/mol. The molecule has 0 bridgehead atoms. The van der Waals surface area contributed by atoms with Gasteiger partial charge in [-0.15, -0.1) is 0 Å². The van der Waals surface area contributed by atoms with Crippen molar-refractivity contribution in [1.82, 2.24) is 14.3 Å². The van der Waals surface area contributed by atoms with Crippen LogP contribution in [0, 0.1) is 13.8 Å². The molecule has 1 aromatic heterocycles. The first-order valence-electron chi connectivity index (χ1n) is 12.2. The highest BCUT2D eigenvalue weighted by Gasteiger charge is 2.20. The molecular formula is C29H30ClN3O3S. The van der Waals surface area contributed by atoms with Crippen LogP contribution < -0.4 is 4.72 Å². The zero-order valence-corrected chi connectivity index (χ0v) is 22.7. The number of hydrogen-bond donors (Lipinski definition) is 1. The summed E-state index contributed by atoms with van der Waals surface area (Å²) in [6.45, 7) is 6.39. The molecule has 0 saturated heterocycles. The number of unbranched alkanes of at least 4 members (excludes halogenated alkanes) is 2. The van der Waals surface area contributed by atoms with Crippen LogP contribution in [0.4, 0.5) is 0 Å². The van der Waals surface area contributed by atoms with E-state index in [1.165, 1.54) is 12.1 Å². The van der Waals surface area contributed by atoms with Gasteiger partial charge in [-0.1, -0.05) is 73.3 Å². The molecule has 1 N–H and O–H groups in total. The monoisotopic (exact) mass is 535 g/mol. The van der Waals surface area contributed by atoms with E-state index in [1.54, 1.807) is 30.3 Å². The molecule has 192 valence electrons. The summed E-state index contributed by atoms with van der Waals surface area (Å²) >= 11 is 6.61. The summed E-state index contributed by atoms with van der Waals surface area (Å²) in [6.07, 6.45) is 7.60. The Kier molecular flexibility index (Phi) is 8.15. The maximum absolute atomic E-state index is 12.9. The Morgan fingerprint density at radius 1 is 1.05 bits per heavy atom. The number of allylic oxidation sites excluding steroid dienone is 1. The first kappa shape index (κ1) is 26.6. The molecule has 0 fully saturated rings. The van der Waals surface area contributed by atoms with Gasteiger partial charge >= 0.3 is 0 Å². The standard InChI is InChI=1S/C29H30ClN3O3S/c1-4-5-6-7-8-22-11-12-24(26(30)17-22)19-33-21(3)31-27-16-13-23(18-28(27)33)29(34)32-37(35,36)25-14-9-20(2)10-15-25/h7-18H,4-6,19H2,1-3H3,(H,32,34)/b8-7+. The van der Waals surface area contributed by atoms with E-state index in [4.69, 9.17) is 11.6 Å². The summed E-state index contributed by atoms with van der Waals surface area (Å²) in [6, 6.07) is 17.3. The Morgan fingerprint density at radius 3 is 2.51 bits per heavy atom. The summed E-state index contributed by atoms with van der Waals surface area (Å²) in [4.78, 5) is 17.5. The van der Waals surface area contributed by atoms with Crippen LogP contribution in [-0.4, -0.2) is 23.9 Å². The number of nitrogens with zero attached hydrogens (tertiary/aromatic N) is 2. The van der Waals surface area contributed by atoms with E-state index in [0.717, 1.165) is 47.3 Å². The molecule has 1 heterocycles. The van der Waals surface area contributed by atoms with Crippen molar-refractivity contribution in [2.24, 2.45) is 0 Å². The summed E-state index contributed by atoms with van der Waals surface area (Å²) in [5.41, 5.74) is 4.55. The number of fused-ring (bicyclic) bond motifs is 1. The van der Waals surface area contributed by atoms with E-state index in [2.05, 4.69) is 28.8 Å². The van der Waals surface area contributed by atoms with Gasteiger partial charge < -0.3 is 4.57 Å². The Morgan fingerprint density at radius 2 is 1.81 bits per heavy atom. The van der Waals surface area contributed by atoms with Crippen molar-refractivity contribution in [1.29, 1.82) is 0 Å². The number of halogens is 1. The maximum atomic E-state index is 12.9. The zero-order valence-electron chi connectivity index (χ0n) is 21.2. The second-order valence-corrected chi connectivity index (χ2v) is 11.2. The first-order chi connectivity index (χ1) is 17.7. The van der Waals surface area contributed by atoms with Crippen molar-refractivity contribution in [3.63, 3.8) is 0 Å². The zero-order chi connectivity index (χ0) is 26.6. The van der Waals surface area contributed by atoms with Crippen LogP contribution in [0.15, 0.2) is 71.6 Å². The number of imidazole rings is 1. The van der Waals surface area contributed by atoms with Crippen molar-refractivity contribution < 1.29 is 13.2 Å². The third-order valence-electron chi connectivity index (χ3n) is 6.20. The Balaban J connectivity index is 1.58. The smallest absolute Gasteiger partial charge is 0.265 e. The Hall–Kier alpha value is -3.42. The number of sulfonamides is 1. The van der Waals surface area contributed by atoms with Gasteiger partial charge in [-0.05, 0) is 67.8 Å². The van der Waals surface area contributed by atoms with Gasteiger partial charge in [0.25, 0.3) is 15.9 Å². The SMILES string of the molecule is CCCC/C=C/c1ccc(Cn2c(C)nc3ccc(C(=O)NS(=O)(=O)c4ccc(C)cc4)cc32)c(Cl)c1. The number of carbonyl (C=O) groups excluding carboxylic acids is 1. The lowest BCUT2D eigenvalue weighted by molar-refractivity contribution is 0.0981. The van der Waals surface area contributed by atoms with Crippen LogP contribution in [0.2, 0.25) is 5.02 Å². The van der Waals surface area contributed by atoms with Crippen molar-refractivity contribution >= 4 is 44.6 Å². The largest absolute Gasteiger partial charge is 0.324 e. The van der Waals surface area contributed by atoms with Crippen molar-refractivity contribution in [3.05, 3.63) is 99.8 Å². The van der Waals surface area contributed by atoms with Gasteiger partial charge in [0.2, 0.25) is 0 Å². The highest BCUT2D eigenvalue weighted by Crippen LogP contribution is 2.24. The molecule has 0 aliphatic rings. The van der Waals surface area contributed by atoms with E-state index in [1.807, 2.05) is 36.6 Å². The Bertz CT molecular complexity index is 1570. The first-order valence-corrected chi connectivity index (χ1v) is 14.1. The number of amides is 1. The van der Waals surface area contributed by atoms with E-state index in [9.17, 15) is 13.2 Å². The minimum atomic E-state index is -4.00. The fourth-order valence-electron chi connectivity index (χ4n) is 4.05. The molecule has 0 atom stereocenters. The summed E-state index contributed by atoms with van der Waals surface area (Å²) in [7, 11) is -4.00.